The van der Waals surface area contributed by atoms with Crippen LogP contribution < -0.4 is 4.74 Å². The highest BCUT2D eigenvalue weighted by molar-refractivity contribution is 9.10. The molecule has 1 heterocycles. The SMILES string of the molecule is Cc1ccc(CC(O)Cc2cc(Br)cc3c2OCC3)cc1. The van der Waals surface area contributed by atoms with Gasteiger partial charge in [0.1, 0.15) is 5.75 Å². The molecule has 3 heteroatoms. The molecule has 1 aliphatic heterocycles. The van der Waals surface area contributed by atoms with E-state index in [1.807, 2.05) is 0 Å². The van der Waals surface area contributed by atoms with Crippen molar-refractivity contribution in [1.82, 2.24) is 0 Å². The van der Waals surface area contributed by atoms with E-state index in [0.29, 0.717) is 12.8 Å². The molecule has 1 N–H and O–H groups in total. The van der Waals surface area contributed by atoms with Crippen LogP contribution in [0.4, 0.5) is 0 Å². The Bertz CT molecular complexity index is 634. The van der Waals surface area contributed by atoms with Crippen LogP contribution >= 0.6 is 15.9 Å². The Balaban J connectivity index is 1.73. The van der Waals surface area contributed by atoms with Crippen molar-refractivity contribution < 1.29 is 9.84 Å². The van der Waals surface area contributed by atoms with Crippen LogP contribution in [-0.2, 0) is 19.3 Å². The van der Waals surface area contributed by atoms with E-state index in [4.69, 9.17) is 4.74 Å². The maximum absolute atomic E-state index is 10.4. The first kappa shape index (κ1) is 14.6. The van der Waals surface area contributed by atoms with Crippen LogP contribution in [0.25, 0.3) is 0 Å². The number of hydrogen-bond donors (Lipinski definition) is 1. The minimum absolute atomic E-state index is 0.393. The van der Waals surface area contributed by atoms with Gasteiger partial charge in [-0.3, -0.25) is 0 Å². The summed E-state index contributed by atoms with van der Waals surface area (Å²) >= 11 is 3.54. The lowest BCUT2D eigenvalue weighted by Gasteiger charge is -2.14. The molecular formula is C18H19BrO2. The molecule has 0 amide bonds. The third kappa shape index (κ3) is 3.47. The van der Waals surface area contributed by atoms with Crippen molar-refractivity contribution in [3.8, 4) is 5.75 Å². The van der Waals surface area contributed by atoms with Gasteiger partial charge in [-0.1, -0.05) is 45.8 Å². The van der Waals surface area contributed by atoms with Gasteiger partial charge in [-0.05, 0) is 42.2 Å². The zero-order valence-corrected chi connectivity index (χ0v) is 13.7. The smallest absolute Gasteiger partial charge is 0.125 e. The molecule has 2 nitrogen and oxygen atoms in total. The molecule has 0 aliphatic carbocycles. The normalized spacial score (nSPS) is 14.6. The lowest BCUT2D eigenvalue weighted by atomic mass is 9.98. The molecular weight excluding hydrogens is 328 g/mol. The van der Waals surface area contributed by atoms with E-state index < -0.39 is 6.10 Å². The zero-order chi connectivity index (χ0) is 14.8. The van der Waals surface area contributed by atoms with Crippen LogP contribution in [0.15, 0.2) is 40.9 Å². The Kier molecular flexibility index (Phi) is 4.32. The number of ether oxygens (including phenoxy) is 1. The summed E-state index contributed by atoms with van der Waals surface area (Å²) in [6.45, 7) is 2.81. The summed E-state index contributed by atoms with van der Waals surface area (Å²) in [7, 11) is 0. The van der Waals surface area contributed by atoms with E-state index in [-0.39, 0.29) is 0 Å². The number of benzene rings is 2. The minimum atomic E-state index is -0.393. The summed E-state index contributed by atoms with van der Waals surface area (Å²) < 4.78 is 6.78. The fraction of sp³-hybridized carbons (Fsp3) is 0.333. The third-order valence-corrected chi connectivity index (χ3v) is 4.33. The van der Waals surface area contributed by atoms with Crippen LogP contribution in [0, 0.1) is 6.92 Å². The monoisotopic (exact) mass is 346 g/mol. The van der Waals surface area contributed by atoms with Gasteiger partial charge >= 0.3 is 0 Å². The number of hydrogen-bond acceptors (Lipinski definition) is 2. The molecule has 21 heavy (non-hydrogen) atoms. The van der Waals surface area contributed by atoms with Gasteiger partial charge in [0.05, 0.1) is 12.7 Å². The molecule has 110 valence electrons. The second kappa shape index (κ2) is 6.20. The van der Waals surface area contributed by atoms with Crippen LogP contribution in [0.2, 0.25) is 0 Å². The highest BCUT2D eigenvalue weighted by atomic mass is 79.9. The van der Waals surface area contributed by atoms with Crippen molar-refractivity contribution in [2.75, 3.05) is 6.61 Å². The second-order valence-corrected chi connectivity index (χ2v) is 6.61. The van der Waals surface area contributed by atoms with E-state index in [0.717, 1.165) is 28.8 Å². The molecule has 0 saturated heterocycles. The summed E-state index contributed by atoms with van der Waals surface area (Å²) in [6.07, 6.45) is 1.85. The van der Waals surface area contributed by atoms with E-state index in [1.165, 1.54) is 16.7 Å². The molecule has 1 aliphatic rings. The Morgan fingerprint density at radius 1 is 1.19 bits per heavy atom. The molecule has 2 aromatic carbocycles. The number of halogens is 1. The van der Waals surface area contributed by atoms with Crippen molar-refractivity contribution >= 4 is 15.9 Å². The van der Waals surface area contributed by atoms with E-state index in [2.05, 4.69) is 59.3 Å². The maximum atomic E-state index is 10.4. The van der Waals surface area contributed by atoms with Gasteiger partial charge in [-0.2, -0.15) is 0 Å². The Labute approximate surface area is 133 Å². The topological polar surface area (TPSA) is 29.5 Å². The van der Waals surface area contributed by atoms with Gasteiger partial charge in [-0.15, -0.1) is 0 Å². The zero-order valence-electron chi connectivity index (χ0n) is 12.1. The third-order valence-electron chi connectivity index (χ3n) is 3.87. The average Bonchev–Trinajstić information content (AvgIpc) is 2.89. The van der Waals surface area contributed by atoms with Crippen LogP contribution in [0.5, 0.6) is 5.75 Å². The van der Waals surface area contributed by atoms with Gasteiger partial charge in [0.15, 0.2) is 0 Å². The predicted octanol–water partition coefficient (Wildman–Crippen LogP) is 3.84. The first-order valence-electron chi connectivity index (χ1n) is 7.29. The lowest BCUT2D eigenvalue weighted by Crippen LogP contribution is -2.14. The molecule has 0 bridgehead atoms. The van der Waals surface area contributed by atoms with E-state index in [9.17, 15) is 5.11 Å². The second-order valence-electron chi connectivity index (χ2n) is 5.70. The van der Waals surface area contributed by atoms with Gasteiger partial charge in [0.25, 0.3) is 0 Å². The van der Waals surface area contributed by atoms with Crippen molar-refractivity contribution in [1.29, 1.82) is 0 Å². The van der Waals surface area contributed by atoms with Gasteiger partial charge in [0, 0.05) is 17.3 Å². The highest BCUT2D eigenvalue weighted by Crippen LogP contribution is 2.33. The number of aryl methyl sites for hydroxylation is 1. The van der Waals surface area contributed by atoms with Crippen molar-refractivity contribution in [3.63, 3.8) is 0 Å². The van der Waals surface area contributed by atoms with E-state index in [1.54, 1.807) is 0 Å². The standard InChI is InChI=1S/C18H19BrO2/c1-12-2-4-13(5-3-12)8-17(20)11-15-10-16(19)9-14-6-7-21-18(14)15/h2-5,9-10,17,20H,6-8,11H2,1H3. The Hall–Kier alpha value is -1.32. The molecule has 0 aromatic heterocycles. The van der Waals surface area contributed by atoms with Crippen molar-refractivity contribution in [3.05, 3.63) is 63.1 Å². The number of aliphatic hydroxyl groups is 1. The number of fused-ring (bicyclic) bond motifs is 1. The molecule has 0 fully saturated rings. The summed E-state index contributed by atoms with van der Waals surface area (Å²) in [5.74, 6) is 0.973. The summed E-state index contributed by atoms with van der Waals surface area (Å²) in [6, 6.07) is 12.5. The molecule has 0 saturated carbocycles. The van der Waals surface area contributed by atoms with Gasteiger partial charge < -0.3 is 9.84 Å². The molecule has 0 radical (unpaired) electrons. The minimum Gasteiger partial charge on any atom is -0.493 e. The maximum Gasteiger partial charge on any atom is 0.125 e. The molecule has 1 unspecified atom stereocenters. The summed E-state index contributed by atoms with van der Waals surface area (Å²) in [5, 5.41) is 10.4. The molecule has 3 rings (SSSR count). The molecule has 0 spiro atoms. The van der Waals surface area contributed by atoms with Gasteiger partial charge in [-0.25, -0.2) is 0 Å². The lowest BCUT2D eigenvalue weighted by molar-refractivity contribution is 0.174. The first-order valence-corrected chi connectivity index (χ1v) is 8.09. The van der Waals surface area contributed by atoms with Crippen LogP contribution in [-0.4, -0.2) is 17.8 Å². The summed E-state index contributed by atoms with van der Waals surface area (Å²) in [5.41, 5.74) is 4.74. The molecule has 1 atom stereocenters. The highest BCUT2D eigenvalue weighted by Gasteiger charge is 2.19. The van der Waals surface area contributed by atoms with E-state index >= 15 is 0 Å². The molecule has 2 aromatic rings. The fourth-order valence-corrected chi connectivity index (χ4v) is 3.37. The fourth-order valence-electron chi connectivity index (χ4n) is 2.82. The van der Waals surface area contributed by atoms with Gasteiger partial charge in [0.2, 0.25) is 0 Å². The number of aliphatic hydroxyl groups excluding tert-OH is 1. The van der Waals surface area contributed by atoms with Crippen molar-refractivity contribution in [2.45, 2.75) is 32.3 Å². The Morgan fingerprint density at radius 2 is 1.95 bits per heavy atom. The average molecular weight is 347 g/mol. The predicted molar refractivity (Wildman–Crippen MR) is 87.9 cm³/mol. The quantitative estimate of drug-likeness (QED) is 0.911. The van der Waals surface area contributed by atoms with Crippen molar-refractivity contribution in [2.24, 2.45) is 0 Å². The Morgan fingerprint density at radius 3 is 2.71 bits per heavy atom. The summed E-state index contributed by atoms with van der Waals surface area (Å²) in [4.78, 5) is 0. The van der Waals surface area contributed by atoms with Crippen LogP contribution in [0.3, 0.4) is 0 Å². The van der Waals surface area contributed by atoms with Crippen LogP contribution in [0.1, 0.15) is 22.3 Å². The number of rotatable bonds is 4. The largest absolute Gasteiger partial charge is 0.493 e. The first-order chi connectivity index (χ1) is 10.1.